The van der Waals surface area contributed by atoms with Crippen molar-refractivity contribution in [3.05, 3.63) is 73.3 Å². The molecule has 0 saturated heterocycles. The number of hydrogen-bond acceptors (Lipinski definition) is 2. The van der Waals surface area contributed by atoms with E-state index >= 15 is 0 Å². The van der Waals surface area contributed by atoms with Crippen molar-refractivity contribution in [2.45, 2.75) is 12.8 Å². The number of fused-ring (bicyclic) bond motifs is 1. The third-order valence-electron chi connectivity index (χ3n) is 4.27. The molecule has 0 fully saturated rings. The molecule has 0 amide bonds. The average molecular weight is 413 g/mol. The van der Waals surface area contributed by atoms with E-state index in [1.807, 2.05) is 28.9 Å². The molecule has 1 N–H and O–H groups in total. The fraction of sp³-hybridized carbons (Fsp3) is 0.167. The topological polar surface area (TPSA) is 29.9 Å². The highest BCUT2D eigenvalue weighted by molar-refractivity contribution is 6.43. The first-order valence-electron chi connectivity index (χ1n) is 7.77. The number of nitrogens with one attached hydrogen (secondary N) is 1. The number of hydrogen-bond donors (Lipinski definition) is 1. The normalized spacial score (nSPS) is 13.0. The summed E-state index contributed by atoms with van der Waals surface area (Å²) in [6.45, 7) is 0.868. The zero-order valence-electron chi connectivity index (χ0n) is 13.0. The Labute approximate surface area is 165 Å². The summed E-state index contributed by atoms with van der Waals surface area (Å²) in [6.07, 6.45) is 1.54. The molecule has 0 bridgehead atoms. The number of rotatable bonds is 3. The molecule has 1 aliphatic heterocycles. The van der Waals surface area contributed by atoms with Crippen molar-refractivity contribution in [2.75, 3.05) is 11.9 Å². The lowest BCUT2D eigenvalue weighted by Crippen LogP contribution is -2.06. The molecule has 0 spiro atoms. The van der Waals surface area contributed by atoms with E-state index in [0.717, 1.165) is 35.7 Å². The first-order chi connectivity index (χ1) is 12.0. The highest BCUT2D eigenvalue weighted by atomic mass is 35.5. The molecule has 0 saturated carbocycles. The van der Waals surface area contributed by atoms with Crippen LogP contribution < -0.4 is 5.32 Å². The third-order valence-corrected chi connectivity index (χ3v) is 5.66. The molecule has 3 nitrogen and oxygen atoms in total. The van der Waals surface area contributed by atoms with Gasteiger partial charge >= 0.3 is 0 Å². The van der Waals surface area contributed by atoms with Gasteiger partial charge < -0.3 is 5.32 Å². The van der Waals surface area contributed by atoms with Gasteiger partial charge in [-0.1, -0.05) is 58.5 Å². The van der Waals surface area contributed by atoms with Crippen LogP contribution in [0.1, 0.15) is 16.8 Å². The largest absolute Gasteiger partial charge is 0.369 e. The molecule has 0 radical (unpaired) electrons. The molecule has 7 heteroatoms. The van der Waals surface area contributed by atoms with Gasteiger partial charge in [-0.15, -0.1) is 0 Å². The lowest BCUT2D eigenvalue weighted by atomic mass is 10.1. The van der Waals surface area contributed by atoms with Crippen LogP contribution in [0.15, 0.2) is 36.4 Å². The van der Waals surface area contributed by atoms with Crippen LogP contribution in [-0.2, 0) is 12.8 Å². The Balaban J connectivity index is 1.79. The van der Waals surface area contributed by atoms with Crippen LogP contribution in [-0.4, -0.2) is 16.3 Å². The van der Waals surface area contributed by atoms with Gasteiger partial charge in [-0.25, -0.2) is 4.68 Å². The molecule has 1 aromatic heterocycles. The highest BCUT2D eigenvalue weighted by Crippen LogP contribution is 2.35. The second-order valence-corrected chi connectivity index (χ2v) is 7.48. The lowest BCUT2D eigenvalue weighted by molar-refractivity contribution is 0.840. The summed E-state index contributed by atoms with van der Waals surface area (Å²) >= 11 is 24.9. The van der Waals surface area contributed by atoms with E-state index in [1.165, 1.54) is 5.56 Å². The molecule has 0 aliphatic carbocycles. The smallest absolute Gasteiger partial charge is 0.133 e. The fourth-order valence-electron chi connectivity index (χ4n) is 3.06. The number of anilines is 1. The van der Waals surface area contributed by atoms with Gasteiger partial charge in [-0.3, -0.25) is 0 Å². The predicted octanol–water partition coefficient (Wildman–Crippen LogP) is 6.04. The summed E-state index contributed by atoms with van der Waals surface area (Å²) in [5.74, 6) is 0.962. The van der Waals surface area contributed by atoms with Crippen LogP contribution in [0.2, 0.25) is 20.1 Å². The van der Waals surface area contributed by atoms with Gasteiger partial charge in [0.25, 0.3) is 0 Å². The van der Waals surface area contributed by atoms with Crippen molar-refractivity contribution in [2.24, 2.45) is 0 Å². The molecule has 2 aromatic carbocycles. The summed E-state index contributed by atoms with van der Waals surface area (Å²) in [5, 5.41) is 10.4. The Kier molecular flexibility index (Phi) is 4.59. The van der Waals surface area contributed by atoms with Crippen LogP contribution in [0.4, 0.5) is 5.82 Å². The van der Waals surface area contributed by atoms with Gasteiger partial charge in [0.05, 0.1) is 21.4 Å². The van der Waals surface area contributed by atoms with E-state index in [9.17, 15) is 0 Å². The van der Waals surface area contributed by atoms with Crippen molar-refractivity contribution >= 4 is 52.2 Å². The van der Waals surface area contributed by atoms with Crippen molar-refractivity contribution in [1.29, 1.82) is 0 Å². The quantitative estimate of drug-likeness (QED) is 0.567. The van der Waals surface area contributed by atoms with Crippen molar-refractivity contribution in [1.82, 2.24) is 9.78 Å². The maximum Gasteiger partial charge on any atom is 0.133 e. The van der Waals surface area contributed by atoms with Crippen LogP contribution in [0.5, 0.6) is 0 Å². The minimum atomic E-state index is 0.485. The summed E-state index contributed by atoms with van der Waals surface area (Å²) < 4.78 is 1.83. The van der Waals surface area contributed by atoms with E-state index in [4.69, 9.17) is 51.5 Å². The van der Waals surface area contributed by atoms with Crippen LogP contribution >= 0.6 is 46.4 Å². The van der Waals surface area contributed by atoms with E-state index in [-0.39, 0.29) is 0 Å². The number of nitrogens with zero attached hydrogens (tertiary/aromatic N) is 2. The van der Waals surface area contributed by atoms with Gasteiger partial charge in [-0.05, 0) is 36.2 Å². The maximum absolute atomic E-state index is 6.39. The molecule has 1 aliphatic rings. The summed E-state index contributed by atoms with van der Waals surface area (Å²) in [7, 11) is 0. The minimum absolute atomic E-state index is 0.485. The van der Waals surface area contributed by atoms with E-state index in [2.05, 4.69) is 5.32 Å². The maximum atomic E-state index is 6.39. The van der Waals surface area contributed by atoms with E-state index in [1.54, 1.807) is 12.1 Å². The zero-order chi connectivity index (χ0) is 17.6. The monoisotopic (exact) mass is 411 g/mol. The molecule has 25 heavy (non-hydrogen) atoms. The van der Waals surface area contributed by atoms with Crippen molar-refractivity contribution in [3.8, 4) is 5.69 Å². The SMILES string of the molecule is Clc1ccc(Cc2nn(-c3cccc(Cl)c3Cl)c3c2CCN3)c(Cl)c1. The predicted molar refractivity (Wildman–Crippen MR) is 105 cm³/mol. The molecule has 3 aromatic rings. The molecular formula is C18H13Cl4N3. The standard InChI is InChI=1S/C18H13Cl4N3/c19-11-5-4-10(14(21)9-11)8-15-12-6-7-23-18(12)25(24-15)16-3-1-2-13(20)17(16)22/h1-5,9,23H,6-8H2. The molecule has 2 heterocycles. The molecule has 0 atom stereocenters. The second-order valence-electron chi connectivity index (χ2n) is 5.85. The van der Waals surface area contributed by atoms with E-state index < -0.39 is 0 Å². The number of aromatic nitrogens is 2. The first kappa shape index (κ1) is 17.0. The minimum Gasteiger partial charge on any atom is -0.369 e. The third kappa shape index (κ3) is 3.11. The Morgan fingerprint density at radius 3 is 2.68 bits per heavy atom. The highest BCUT2D eigenvalue weighted by Gasteiger charge is 2.24. The van der Waals surface area contributed by atoms with Crippen molar-refractivity contribution in [3.63, 3.8) is 0 Å². The Morgan fingerprint density at radius 2 is 1.88 bits per heavy atom. The Morgan fingerprint density at radius 1 is 1.04 bits per heavy atom. The summed E-state index contributed by atoms with van der Waals surface area (Å²) in [5.41, 5.74) is 3.90. The summed E-state index contributed by atoms with van der Waals surface area (Å²) in [6, 6.07) is 11.1. The zero-order valence-corrected chi connectivity index (χ0v) is 16.0. The van der Waals surface area contributed by atoms with Gasteiger partial charge in [-0.2, -0.15) is 5.10 Å². The second kappa shape index (κ2) is 6.73. The van der Waals surface area contributed by atoms with Gasteiger partial charge in [0.15, 0.2) is 0 Å². The number of benzene rings is 2. The van der Waals surface area contributed by atoms with Crippen molar-refractivity contribution < 1.29 is 0 Å². The van der Waals surface area contributed by atoms with Crippen LogP contribution in [0.25, 0.3) is 5.69 Å². The molecule has 4 rings (SSSR count). The molecule has 128 valence electrons. The average Bonchev–Trinajstić information content (AvgIpc) is 3.17. The van der Waals surface area contributed by atoms with Gasteiger partial charge in [0.2, 0.25) is 0 Å². The van der Waals surface area contributed by atoms with Gasteiger partial charge in [0.1, 0.15) is 5.82 Å². The fourth-order valence-corrected chi connectivity index (χ4v) is 3.91. The lowest BCUT2D eigenvalue weighted by Gasteiger charge is -2.09. The molecular weight excluding hydrogens is 400 g/mol. The Bertz CT molecular complexity index is 965. The molecule has 0 unspecified atom stereocenters. The van der Waals surface area contributed by atoms with Gasteiger partial charge in [0, 0.05) is 28.6 Å². The first-order valence-corrected chi connectivity index (χ1v) is 9.28. The summed E-state index contributed by atoms with van der Waals surface area (Å²) in [4.78, 5) is 0. The van der Waals surface area contributed by atoms with Crippen LogP contribution in [0, 0.1) is 0 Å². The van der Waals surface area contributed by atoms with E-state index in [0.29, 0.717) is 26.5 Å². The number of halogens is 4. The van der Waals surface area contributed by atoms with Crippen LogP contribution in [0.3, 0.4) is 0 Å². The Hall–Kier alpha value is -1.39.